The zero-order valence-electron chi connectivity index (χ0n) is 62.0. The second-order valence-corrected chi connectivity index (χ2v) is 27.2. The number of nitrogens with zero attached hydrogens (tertiary/aromatic N) is 2. The fourth-order valence-corrected chi connectivity index (χ4v) is 11.9. The van der Waals surface area contributed by atoms with Crippen LogP contribution in [0.15, 0.2) is 35.3 Å². The maximum Gasteiger partial charge on any atom is 0.328 e. The van der Waals surface area contributed by atoms with E-state index >= 15 is 0 Å². The summed E-state index contributed by atoms with van der Waals surface area (Å²) in [5.74, 6) is -24.7. The maximum atomic E-state index is 14.9. The van der Waals surface area contributed by atoms with Crippen LogP contribution in [-0.2, 0) is 107 Å². The summed E-state index contributed by atoms with van der Waals surface area (Å²) < 4.78 is 11.2. The van der Waals surface area contributed by atoms with E-state index < -0.39 is 255 Å². The number of ether oxygens (including phenoxy) is 2. The zero-order chi connectivity index (χ0) is 82.3. The first-order valence-electron chi connectivity index (χ1n) is 36.2. The SMILES string of the molecule is CC[C@H](C)[C@H](N)C(=O)N[C@@H](C)C(=O)N[C@@H]1C(=O)N[C@@H](CCCN=C(N)N)C(=O)N[C@H]2CCCCCNC(=O)CC[C@@H](C(=O)NCC(=O)N[C@H](Cc3ccccc3)C(=O)N[C@H](CO)C(=O)O)NC(=O)[C@@H]3CC(=O)OC[C@H](NC(=O)[C@@H]4CCCN4C(=O)[C@H](C)NC2=O)C(=O)N[C@@H](CC(=O)O[C@@H]1C)C(=O)N[C@@H](CC(=O)O)C(=O)N3. The van der Waals surface area contributed by atoms with Crippen LogP contribution in [0.3, 0.4) is 0 Å². The molecule has 0 radical (unpaired) electrons. The first-order chi connectivity index (χ1) is 52.5. The molecular weight excluding hydrogens is 1470 g/mol. The lowest BCUT2D eigenvalue weighted by atomic mass is 9.99. The first-order valence-corrected chi connectivity index (χ1v) is 36.2. The number of aliphatic hydroxyl groups is 1. The van der Waals surface area contributed by atoms with Crippen molar-refractivity contribution in [2.24, 2.45) is 28.1 Å². The molecule has 111 heavy (non-hydrogen) atoms. The van der Waals surface area contributed by atoms with Gasteiger partial charge in [-0.3, -0.25) is 91.3 Å². The number of hydrogen-bond acceptors (Lipinski definition) is 24. The minimum Gasteiger partial charge on any atom is -0.481 e. The zero-order valence-corrected chi connectivity index (χ0v) is 62.0. The van der Waals surface area contributed by atoms with Gasteiger partial charge in [0.15, 0.2) is 5.96 Å². The second-order valence-electron chi connectivity index (χ2n) is 27.2. The van der Waals surface area contributed by atoms with Crippen molar-refractivity contribution in [3.05, 3.63) is 35.9 Å². The molecule has 5 rings (SSSR count). The Kier molecular flexibility index (Phi) is 35.7. The van der Waals surface area contributed by atoms with Crippen molar-refractivity contribution >= 4 is 118 Å². The van der Waals surface area contributed by atoms with E-state index in [9.17, 15) is 106 Å². The summed E-state index contributed by atoms with van der Waals surface area (Å²) in [4.78, 5) is 273. The van der Waals surface area contributed by atoms with Gasteiger partial charge in [-0.1, -0.05) is 63.4 Å². The van der Waals surface area contributed by atoms with Crippen LogP contribution < -0.4 is 91.6 Å². The van der Waals surface area contributed by atoms with E-state index in [-0.39, 0.29) is 89.3 Å². The topological polar surface area (TPSA) is 666 Å². The molecule has 612 valence electrons. The minimum atomic E-state index is -2.35. The normalized spacial score (nSPS) is 25.5. The molecule has 4 aliphatic rings. The van der Waals surface area contributed by atoms with Gasteiger partial charge in [-0.25, -0.2) is 4.79 Å². The van der Waals surface area contributed by atoms with Crippen LogP contribution in [0, 0.1) is 5.92 Å². The van der Waals surface area contributed by atoms with Gasteiger partial charge in [0.25, 0.3) is 0 Å². The minimum absolute atomic E-state index is 0.0716. The third-order valence-corrected chi connectivity index (χ3v) is 18.5. The fraction of sp³-hybridized carbons (Fsp3) is 0.618. The summed E-state index contributed by atoms with van der Waals surface area (Å²) in [5.41, 5.74) is 17.8. The number of amides is 15. The molecule has 0 spiro atoms. The Morgan fingerprint density at radius 3 is 1.94 bits per heavy atom. The van der Waals surface area contributed by atoms with Crippen molar-refractivity contribution in [2.75, 3.05) is 39.4 Å². The number of carbonyl (C=O) groups is 19. The quantitative estimate of drug-likeness (QED) is 0.0222. The molecule has 4 aliphatic heterocycles. The molecule has 4 saturated heterocycles. The molecule has 43 nitrogen and oxygen atoms in total. The van der Waals surface area contributed by atoms with Gasteiger partial charge in [0.05, 0.1) is 38.5 Å². The molecular formula is C68H101N19O24. The molecule has 4 bridgehead atoms. The van der Waals surface area contributed by atoms with Gasteiger partial charge in [-0.2, -0.15) is 0 Å². The van der Waals surface area contributed by atoms with E-state index in [0.29, 0.717) is 12.0 Å². The van der Waals surface area contributed by atoms with Gasteiger partial charge in [0, 0.05) is 32.5 Å². The Hall–Kier alpha value is -11.7. The number of benzene rings is 1. The van der Waals surface area contributed by atoms with E-state index in [1.807, 2.05) is 0 Å². The number of aliphatic hydroxyl groups excluding tert-OH is 1. The van der Waals surface area contributed by atoms with Gasteiger partial charge in [0.1, 0.15) is 91.3 Å². The summed E-state index contributed by atoms with van der Waals surface area (Å²) in [6, 6.07) is -17.4. The number of cyclic esters (lactones) is 1. The maximum absolute atomic E-state index is 14.9. The largest absolute Gasteiger partial charge is 0.481 e. The summed E-state index contributed by atoms with van der Waals surface area (Å²) >= 11 is 0. The highest BCUT2D eigenvalue weighted by Gasteiger charge is 2.43. The fourth-order valence-electron chi connectivity index (χ4n) is 11.9. The lowest BCUT2D eigenvalue weighted by molar-refractivity contribution is -0.155. The molecule has 1 aromatic rings. The summed E-state index contributed by atoms with van der Waals surface area (Å²) in [6.45, 7) is 3.30. The number of rotatable bonds is 22. The van der Waals surface area contributed by atoms with Gasteiger partial charge in [-0.05, 0) is 77.2 Å². The number of fused-ring (bicyclic) bond motifs is 11. The van der Waals surface area contributed by atoms with Crippen LogP contribution in [-0.4, -0.2) is 269 Å². The molecule has 0 saturated carbocycles. The van der Waals surface area contributed by atoms with Crippen LogP contribution in [0.4, 0.5) is 0 Å². The van der Waals surface area contributed by atoms with Crippen LogP contribution in [0.25, 0.3) is 0 Å². The molecule has 0 aliphatic carbocycles. The van der Waals surface area contributed by atoms with Crippen molar-refractivity contribution in [2.45, 2.75) is 222 Å². The average Bonchev–Trinajstić information content (AvgIpc) is 1.65. The van der Waals surface area contributed by atoms with Crippen molar-refractivity contribution in [1.29, 1.82) is 0 Å². The number of nitrogens with two attached hydrogens (primary N) is 3. The highest BCUT2D eigenvalue weighted by atomic mass is 16.5. The van der Waals surface area contributed by atoms with E-state index in [1.165, 1.54) is 13.8 Å². The van der Waals surface area contributed by atoms with Crippen molar-refractivity contribution in [3.63, 3.8) is 0 Å². The predicted molar refractivity (Wildman–Crippen MR) is 383 cm³/mol. The number of aliphatic imine (C=N–C) groups is 1. The van der Waals surface area contributed by atoms with Crippen LogP contribution in [0.2, 0.25) is 0 Å². The third-order valence-electron chi connectivity index (χ3n) is 18.5. The Labute approximate surface area is 636 Å². The second kappa shape index (κ2) is 44.1. The number of nitrogens with one attached hydrogen (secondary N) is 14. The molecule has 4 heterocycles. The first kappa shape index (κ1) is 90.0. The molecule has 43 heteroatoms. The summed E-state index contributed by atoms with van der Waals surface area (Å²) in [5, 5.41) is 62.2. The van der Waals surface area contributed by atoms with Crippen molar-refractivity contribution < 1.29 is 116 Å². The predicted octanol–water partition coefficient (Wildman–Crippen LogP) is -9.07. The number of carboxylic acid groups (broad SMARTS) is 2. The number of aliphatic carboxylic acids is 2. The Balaban J connectivity index is 1.68. The molecule has 15 amide bonds. The Bertz CT molecular complexity index is 3620. The number of carbonyl (C=O) groups excluding carboxylic acids is 17. The van der Waals surface area contributed by atoms with Gasteiger partial charge in [-0.15, -0.1) is 0 Å². The van der Waals surface area contributed by atoms with E-state index in [2.05, 4.69) is 79.4 Å². The van der Waals surface area contributed by atoms with Crippen molar-refractivity contribution in [1.82, 2.24) is 79.3 Å². The molecule has 0 aromatic heterocycles. The number of esters is 2. The Morgan fingerprint density at radius 1 is 0.658 bits per heavy atom. The summed E-state index contributed by atoms with van der Waals surface area (Å²) in [6.07, 6.45) is -7.17. The van der Waals surface area contributed by atoms with Gasteiger partial charge < -0.3 is 121 Å². The molecule has 16 atom stereocenters. The third kappa shape index (κ3) is 29.0. The average molecular weight is 1570 g/mol. The Morgan fingerprint density at radius 2 is 1.28 bits per heavy atom. The van der Waals surface area contributed by atoms with E-state index in [1.54, 1.807) is 44.2 Å². The van der Waals surface area contributed by atoms with Gasteiger partial charge in [0.2, 0.25) is 88.6 Å². The van der Waals surface area contributed by atoms with Crippen LogP contribution in [0.5, 0.6) is 0 Å². The summed E-state index contributed by atoms with van der Waals surface area (Å²) in [7, 11) is 0. The number of hydrogen-bond donors (Lipinski definition) is 20. The molecule has 4 fully saturated rings. The molecule has 0 unspecified atom stereocenters. The highest BCUT2D eigenvalue weighted by molar-refractivity contribution is 6.02. The van der Waals surface area contributed by atoms with Crippen LogP contribution in [0.1, 0.15) is 130 Å². The van der Waals surface area contributed by atoms with Gasteiger partial charge >= 0.3 is 23.9 Å². The standard InChI is InChI=1S/C68H101N19O24/c1-6-32(2)52(69)64(105)75-33(3)54(95)86-53-35(5)111-51(94)28-43-61(102)81-41(26-49(91)92)59(100)82-42-27-50(93)110-31-45(62(103)83-43)85-63(104)46-19-14-24-87(46)66(107)34(4)76-56(97)37(78-57(98)38(80-65(53)106)18-13-23-73-68(70)71)17-11-8-12-22-72-47(89)21-20-39(79-60(42)101)55(96)74-29-48(90)77-40(25-36-15-9-7-10-16-36)58(99)84-44(30-88)67(108)109/h7,9-10,15-16,32-35,37-46,52-53,88H,6,8,11-14,17-31,69H2,1-5H3,(H,72,89)(H,74,96)(H,75,105)(H,76,97)(H,77,90)(H,78,98)(H,79,101)(H,80,106)(H,81,102)(H,82,100)(H,83,103)(H,84,99)(H,85,104)(H,86,95)(H,91,92)(H,108,109)(H4,70,71,73)/t32-,33-,34-,35+,37-,38-,39-,40+,41-,42-,43-,44+,45-,46-,52-,53-/m0/s1. The highest BCUT2D eigenvalue weighted by Crippen LogP contribution is 2.21. The molecule has 23 N–H and O–H groups in total. The van der Waals surface area contributed by atoms with E-state index in [0.717, 1.165) is 11.8 Å². The lowest BCUT2D eigenvalue weighted by Gasteiger charge is -2.30. The van der Waals surface area contributed by atoms with Crippen molar-refractivity contribution in [3.8, 4) is 0 Å². The monoisotopic (exact) mass is 1570 g/mol. The number of carboxylic acids is 2. The molecule has 1 aromatic carbocycles. The smallest absolute Gasteiger partial charge is 0.328 e. The lowest BCUT2D eigenvalue weighted by Crippen LogP contribution is -2.62. The van der Waals surface area contributed by atoms with Crippen LogP contribution >= 0.6 is 0 Å². The van der Waals surface area contributed by atoms with E-state index in [4.69, 9.17) is 26.7 Å². The number of guanidine groups is 1.